The van der Waals surface area contributed by atoms with E-state index in [9.17, 15) is 17.6 Å². The molecule has 0 amide bonds. The van der Waals surface area contributed by atoms with E-state index < -0.39 is 15.7 Å². The standard InChI is InChI=1S/C11H11FN2O3S/c12-7-1-2-9-10(5-7)13-14(11(9)15)8-3-4-18(16,17)6-8/h1-2,5,8,13H,3-4,6H2. The van der Waals surface area contributed by atoms with E-state index in [0.29, 0.717) is 17.3 Å². The van der Waals surface area contributed by atoms with Crippen LogP contribution in [-0.2, 0) is 9.84 Å². The van der Waals surface area contributed by atoms with Gasteiger partial charge >= 0.3 is 0 Å². The molecule has 0 saturated carbocycles. The molecule has 1 fully saturated rings. The Morgan fingerprint density at radius 2 is 2.17 bits per heavy atom. The minimum Gasteiger partial charge on any atom is -0.295 e. The molecule has 3 rings (SSSR count). The zero-order valence-corrected chi connectivity index (χ0v) is 10.2. The number of aromatic nitrogens is 2. The maximum atomic E-state index is 13.1. The van der Waals surface area contributed by atoms with Crippen LogP contribution in [-0.4, -0.2) is 29.7 Å². The van der Waals surface area contributed by atoms with Crippen molar-refractivity contribution in [2.24, 2.45) is 0 Å². The molecule has 0 bridgehead atoms. The topological polar surface area (TPSA) is 71.9 Å². The smallest absolute Gasteiger partial charge is 0.274 e. The number of halogens is 1. The van der Waals surface area contributed by atoms with Crippen LogP contribution < -0.4 is 5.56 Å². The van der Waals surface area contributed by atoms with Gasteiger partial charge in [0.2, 0.25) is 0 Å². The summed E-state index contributed by atoms with van der Waals surface area (Å²) < 4.78 is 37.2. The molecule has 1 aliphatic rings. The minimum atomic E-state index is -3.06. The molecule has 1 atom stereocenters. The highest BCUT2D eigenvalue weighted by Gasteiger charge is 2.30. The molecular weight excluding hydrogens is 259 g/mol. The molecule has 5 nitrogen and oxygen atoms in total. The lowest BCUT2D eigenvalue weighted by atomic mass is 10.2. The van der Waals surface area contributed by atoms with Crippen molar-refractivity contribution >= 4 is 20.7 Å². The number of benzene rings is 1. The summed E-state index contributed by atoms with van der Waals surface area (Å²) in [4.78, 5) is 12.1. The van der Waals surface area contributed by atoms with Crippen LogP contribution in [0.1, 0.15) is 12.5 Å². The maximum absolute atomic E-state index is 13.1. The van der Waals surface area contributed by atoms with Crippen LogP contribution in [0.4, 0.5) is 4.39 Å². The molecule has 18 heavy (non-hydrogen) atoms. The number of rotatable bonds is 1. The van der Waals surface area contributed by atoms with E-state index in [1.54, 1.807) is 0 Å². The third-order valence-corrected chi connectivity index (χ3v) is 5.00. The highest BCUT2D eigenvalue weighted by atomic mass is 32.2. The highest BCUT2D eigenvalue weighted by molar-refractivity contribution is 7.91. The van der Waals surface area contributed by atoms with Crippen molar-refractivity contribution < 1.29 is 12.8 Å². The predicted octanol–water partition coefficient (Wildman–Crippen LogP) is 0.828. The summed E-state index contributed by atoms with van der Waals surface area (Å²) in [7, 11) is -3.06. The van der Waals surface area contributed by atoms with Gasteiger partial charge in [-0.05, 0) is 24.6 Å². The van der Waals surface area contributed by atoms with Crippen molar-refractivity contribution in [3.8, 4) is 0 Å². The van der Waals surface area contributed by atoms with E-state index >= 15 is 0 Å². The first-order valence-electron chi connectivity index (χ1n) is 5.56. The monoisotopic (exact) mass is 270 g/mol. The van der Waals surface area contributed by atoms with Crippen LogP contribution in [0, 0.1) is 5.82 Å². The summed E-state index contributed by atoms with van der Waals surface area (Å²) in [6.07, 6.45) is 0.414. The molecular formula is C11H11FN2O3S. The van der Waals surface area contributed by atoms with Gasteiger partial charge in [0.05, 0.1) is 28.5 Å². The average molecular weight is 270 g/mol. The summed E-state index contributed by atoms with van der Waals surface area (Å²) in [5.41, 5.74) is 0.0939. The number of aromatic amines is 1. The van der Waals surface area contributed by atoms with Gasteiger partial charge in [0, 0.05) is 0 Å². The van der Waals surface area contributed by atoms with Crippen LogP contribution in [0.25, 0.3) is 10.9 Å². The molecule has 1 N–H and O–H groups in total. The number of hydrogen-bond donors (Lipinski definition) is 1. The molecule has 0 radical (unpaired) electrons. The fraction of sp³-hybridized carbons (Fsp3) is 0.364. The molecule has 2 aromatic rings. The van der Waals surface area contributed by atoms with Crippen LogP contribution in [0.2, 0.25) is 0 Å². The first kappa shape index (κ1) is 11.5. The number of H-pyrrole nitrogens is 1. The Kier molecular flexibility index (Phi) is 2.34. The molecule has 7 heteroatoms. The SMILES string of the molecule is O=c1c2ccc(F)cc2[nH]n1C1CCS(=O)(=O)C1. The summed E-state index contributed by atoms with van der Waals surface area (Å²) in [6, 6.07) is 3.48. The van der Waals surface area contributed by atoms with Crippen LogP contribution >= 0.6 is 0 Å². The second-order valence-electron chi connectivity index (χ2n) is 4.53. The third-order valence-electron chi connectivity index (χ3n) is 3.25. The summed E-state index contributed by atoms with van der Waals surface area (Å²) in [5.74, 6) is -0.384. The van der Waals surface area contributed by atoms with Gasteiger partial charge in [-0.25, -0.2) is 17.5 Å². The van der Waals surface area contributed by atoms with Crippen molar-refractivity contribution in [3.05, 3.63) is 34.4 Å². The van der Waals surface area contributed by atoms with Gasteiger partial charge in [-0.3, -0.25) is 9.89 Å². The van der Waals surface area contributed by atoms with Gasteiger partial charge in [0.25, 0.3) is 5.56 Å². The number of nitrogens with one attached hydrogen (secondary N) is 1. The fourth-order valence-corrected chi connectivity index (χ4v) is 4.04. The Balaban J connectivity index is 2.14. The van der Waals surface area contributed by atoms with Gasteiger partial charge in [-0.1, -0.05) is 0 Å². The van der Waals surface area contributed by atoms with Crippen molar-refractivity contribution in [2.45, 2.75) is 12.5 Å². The zero-order valence-electron chi connectivity index (χ0n) is 9.39. The van der Waals surface area contributed by atoms with Gasteiger partial charge in [0.15, 0.2) is 9.84 Å². The molecule has 0 spiro atoms. The van der Waals surface area contributed by atoms with Crippen molar-refractivity contribution in [1.29, 1.82) is 0 Å². The third kappa shape index (κ3) is 1.74. The second-order valence-corrected chi connectivity index (χ2v) is 6.76. The van der Waals surface area contributed by atoms with E-state index in [1.807, 2.05) is 0 Å². The van der Waals surface area contributed by atoms with E-state index in [4.69, 9.17) is 0 Å². The molecule has 0 aliphatic carbocycles. The van der Waals surface area contributed by atoms with Crippen molar-refractivity contribution in [1.82, 2.24) is 9.78 Å². The lowest BCUT2D eigenvalue weighted by Crippen LogP contribution is -2.23. The normalized spacial score (nSPS) is 22.6. The van der Waals surface area contributed by atoms with Crippen LogP contribution in [0.5, 0.6) is 0 Å². The molecule has 2 heterocycles. The predicted molar refractivity (Wildman–Crippen MR) is 64.8 cm³/mol. The Morgan fingerprint density at radius 1 is 1.39 bits per heavy atom. The van der Waals surface area contributed by atoms with Gasteiger partial charge in [-0.15, -0.1) is 0 Å². The quantitative estimate of drug-likeness (QED) is 0.834. The molecule has 1 saturated heterocycles. The van der Waals surface area contributed by atoms with Gasteiger partial charge in [-0.2, -0.15) is 0 Å². The fourth-order valence-electron chi connectivity index (χ4n) is 2.34. The average Bonchev–Trinajstić information content (AvgIpc) is 2.80. The zero-order chi connectivity index (χ0) is 12.9. The van der Waals surface area contributed by atoms with E-state index in [0.717, 1.165) is 0 Å². The number of fused-ring (bicyclic) bond motifs is 1. The Labute approximate surface area is 102 Å². The first-order valence-corrected chi connectivity index (χ1v) is 7.39. The molecule has 1 unspecified atom stereocenters. The minimum absolute atomic E-state index is 0.0395. The second kappa shape index (κ2) is 3.68. The molecule has 96 valence electrons. The van der Waals surface area contributed by atoms with Gasteiger partial charge in [0.1, 0.15) is 5.82 Å². The number of hydrogen-bond acceptors (Lipinski definition) is 3. The maximum Gasteiger partial charge on any atom is 0.274 e. The number of nitrogens with zero attached hydrogens (tertiary/aromatic N) is 1. The largest absolute Gasteiger partial charge is 0.295 e. The Morgan fingerprint density at radius 3 is 2.83 bits per heavy atom. The van der Waals surface area contributed by atoms with E-state index in [-0.39, 0.29) is 23.1 Å². The first-order chi connectivity index (χ1) is 8.46. The van der Waals surface area contributed by atoms with E-state index in [1.165, 1.54) is 22.9 Å². The summed E-state index contributed by atoms with van der Waals surface area (Å²) in [6.45, 7) is 0. The molecule has 1 aromatic carbocycles. The molecule has 1 aliphatic heterocycles. The molecule has 1 aromatic heterocycles. The van der Waals surface area contributed by atoms with Crippen LogP contribution in [0.3, 0.4) is 0 Å². The Bertz CT molecular complexity index is 775. The van der Waals surface area contributed by atoms with Crippen LogP contribution in [0.15, 0.2) is 23.0 Å². The van der Waals surface area contributed by atoms with E-state index in [2.05, 4.69) is 5.10 Å². The van der Waals surface area contributed by atoms with Crippen molar-refractivity contribution in [2.75, 3.05) is 11.5 Å². The lowest BCUT2D eigenvalue weighted by molar-refractivity contribution is 0.490. The summed E-state index contributed by atoms with van der Waals surface area (Å²) in [5, 5.41) is 3.16. The lowest BCUT2D eigenvalue weighted by Gasteiger charge is -2.07. The van der Waals surface area contributed by atoms with Gasteiger partial charge < -0.3 is 0 Å². The Hall–Kier alpha value is -1.63. The summed E-state index contributed by atoms with van der Waals surface area (Å²) >= 11 is 0. The number of sulfone groups is 1. The highest BCUT2D eigenvalue weighted by Crippen LogP contribution is 2.22. The van der Waals surface area contributed by atoms with Crippen molar-refractivity contribution in [3.63, 3.8) is 0 Å².